The van der Waals surface area contributed by atoms with E-state index in [-0.39, 0.29) is 0 Å². The third-order valence-electron chi connectivity index (χ3n) is 3.36. The molecule has 0 fully saturated rings. The van der Waals surface area contributed by atoms with Crippen LogP contribution >= 0.6 is 0 Å². The van der Waals surface area contributed by atoms with Gasteiger partial charge in [0, 0.05) is 12.6 Å². The minimum Gasteiger partial charge on any atom is -0.493 e. The summed E-state index contributed by atoms with van der Waals surface area (Å²) in [5.41, 5.74) is 3.58. The van der Waals surface area contributed by atoms with E-state index in [0.717, 1.165) is 23.6 Å². The van der Waals surface area contributed by atoms with Gasteiger partial charge in [-0.3, -0.25) is 0 Å². The third-order valence-corrected chi connectivity index (χ3v) is 3.36. The summed E-state index contributed by atoms with van der Waals surface area (Å²) in [6.45, 7) is 5.18. The monoisotopic (exact) mass is 285 g/mol. The second-order valence-corrected chi connectivity index (χ2v) is 5.31. The zero-order chi connectivity index (χ0) is 15.2. The molecule has 0 aliphatic rings. The second kappa shape index (κ2) is 7.14. The van der Waals surface area contributed by atoms with Crippen molar-refractivity contribution in [1.82, 2.24) is 5.32 Å². The normalized spacial score (nSPS) is 10.7. The van der Waals surface area contributed by atoms with Gasteiger partial charge in [-0.15, -0.1) is 0 Å². The van der Waals surface area contributed by atoms with E-state index in [0.29, 0.717) is 6.04 Å². The highest BCUT2D eigenvalue weighted by Gasteiger charge is 2.06. The van der Waals surface area contributed by atoms with Crippen LogP contribution in [-0.4, -0.2) is 20.3 Å². The molecule has 0 spiro atoms. The lowest BCUT2D eigenvalue weighted by Crippen LogP contribution is -2.21. The first-order chi connectivity index (χ1) is 10.1. The van der Waals surface area contributed by atoms with Crippen molar-refractivity contribution in [2.24, 2.45) is 0 Å². The molecule has 2 aromatic carbocycles. The van der Waals surface area contributed by atoms with E-state index < -0.39 is 0 Å². The molecule has 1 N–H and O–H groups in total. The van der Waals surface area contributed by atoms with Crippen LogP contribution in [-0.2, 0) is 6.54 Å². The molecule has 0 atom stereocenters. The molecule has 2 aromatic rings. The molecule has 112 valence electrons. The molecule has 0 bridgehead atoms. The van der Waals surface area contributed by atoms with Crippen molar-refractivity contribution in [2.45, 2.75) is 26.4 Å². The highest BCUT2D eigenvalue weighted by Crippen LogP contribution is 2.32. The molecule has 0 unspecified atom stereocenters. The molecule has 3 nitrogen and oxygen atoms in total. The van der Waals surface area contributed by atoms with Crippen LogP contribution in [0.2, 0.25) is 0 Å². The van der Waals surface area contributed by atoms with Crippen molar-refractivity contribution in [3.05, 3.63) is 48.0 Å². The van der Waals surface area contributed by atoms with Crippen molar-refractivity contribution in [3.63, 3.8) is 0 Å². The van der Waals surface area contributed by atoms with E-state index in [1.54, 1.807) is 14.2 Å². The van der Waals surface area contributed by atoms with Gasteiger partial charge in [0.05, 0.1) is 14.2 Å². The maximum absolute atomic E-state index is 5.37. The van der Waals surface area contributed by atoms with Crippen LogP contribution in [0.4, 0.5) is 0 Å². The van der Waals surface area contributed by atoms with Crippen molar-refractivity contribution in [3.8, 4) is 22.6 Å². The molecule has 0 heterocycles. The second-order valence-electron chi connectivity index (χ2n) is 5.31. The topological polar surface area (TPSA) is 30.5 Å². The molecule has 0 saturated heterocycles. The van der Waals surface area contributed by atoms with Gasteiger partial charge in [-0.2, -0.15) is 0 Å². The summed E-state index contributed by atoms with van der Waals surface area (Å²) in [7, 11) is 3.31. The Morgan fingerprint density at radius 2 is 1.62 bits per heavy atom. The van der Waals surface area contributed by atoms with Crippen molar-refractivity contribution in [1.29, 1.82) is 0 Å². The van der Waals surface area contributed by atoms with E-state index in [1.165, 1.54) is 11.1 Å². The van der Waals surface area contributed by atoms with Gasteiger partial charge in [0.1, 0.15) is 0 Å². The Morgan fingerprint density at radius 3 is 2.29 bits per heavy atom. The number of nitrogens with one attached hydrogen (secondary N) is 1. The van der Waals surface area contributed by atoms with Crippen molar-refractivity contribution >= 4 is 0 Å². The SMILES string of the molecule is COc1ccc(-c2cccc(CNC(C)C)c2)cc1OC. The minimum absolute atomic E-state index is 0.481. The molecule has 0 aliphatic carbocycles. The molecular formula is C18H23NO2. The van der Waals surface area contributed by atoms with E-state index in [1.807, 2.05) is 12.1 Å². The molecule has 0 amide bonds. The van der Waals surface area contributed by atoms with Gasteiger partial charge in [0.25, 0.3) is 0 Å². The average Bonchev–Trinajstić information content (AvgIpc) is 2.52. The fourth-order valence-corrected chi connectivity index (χ4v) is 2.20. The number of rotatable bonds is 6. The van der Waals surface area contributed by atoms with Crippen LogP contribution < -0.4 is 14.8 Å². The Morgan fingerprint density at radius 1 is 0.905 bits per heavy atom. The zero-order valence-electron chi connectivity index (χ0n) is 13.1. The number of methoxy groups -OCH3 is 2. The first-order valence-electron chi connectivity index (χ1n) is 7.18. The van der Waals surface area contributed by atoms with Gasteiger partial charge < -0.3 is 14.8 Å². The van der Waals surface area contributed by atoms with Crippen LogP contribution in [0.3, 0.4) is 0 Å². The maximum atomic E-state index is 5.37. The van der Waals surface area contributed by atoms with Gasteiger partial charge >= 0.3 is 0 Å². The minimum atomic E-state index is 0.481. The largest absolute Gasteiger partial charge is 0.493 e. The summed E-state index contributed by atoms with van der Waals surface area (Å²) in [5, 5.41) is 3.44. The summed E-state index contributed by atoms with van der Waals surface area (Å²) in [6, 6.07) is 15.0. The number of hydrogen-bond acceptors (Lipinski definition) is 3. The summed E-state index contributed by atoms with van der Waals surface area (Å²) in [6.07, 6.45) is 0. The van der Waals surface area contributed by atoms with Crippen LogP contribution in [0.1, 0.15) is 19.4 Å². The van der Waals surface area contributed by atoms with Crippen molar-refractivity contribution < 1.29 is 9.47 Å². The zero-order valence-corrected chi connectivity index (χ0v) is 13.1. The predicted molar refractivity (Wildman–Crippen MR) is 87.0 cm³/mol. The van der Waals surface area contributed by atoms with Crippen LogP contribution in [0.5, 0.6) is 11.5 Å². The molecule has 21 heavy (non-hydrogen) atoms. The Kier molecular flexibility index (Phi) is 5.23. The standard InChI is InChI=1S/C18H23NO2/c1-13(2)19-12-14-6-5-7-15(10-14)16-8-9-17(20-3)18(11-16)21-4/h5-11,13,19H,12H2,1-4H3. The Hall–Kier alpha value is -2.00. The summed E-state index contributed by atoms with van der Waals surface area (Å²) in [5.74, 6) is 1.50. The molecular weight excluding hydrogens is 262 g/mol. The number of ether oxygens (including phenoxy) is 2. The van der Waals surface area contributed by atoms with Crippen molar-refractivity contribution in [2.75, 3.05) is 14.2 Å². The lowest BCUT2D eigenvalue weighted by atomic mass is 10.0. The van der Waals surface area contributed by atoms with E-state index >= 15 is 0 Å². The van der Waals surface area contributed by atoms with Gasteiger partial charge in [-0.05, 0) is 34.9 Å². The Bertz CT molecular complexity index is 594. The van der Waals surface area contributed by atoms with Gasteiger partial charge in [0.2, 0.25) is 0 Å². The molecule has 0 radical (unpaired) electrons. The highest BCUT2D eigenvalue weighted by molar-refractivity contribution is 5.67. The van der Waals surface area contributed by atoms with E-state index in [4.69, 9.17) is 9.47 Å². The average molecular weight is 285 g/mol. The maximum Gasteiger partial charge on any atom is 0.161 e. The van der Waals surface area contributed by atoms with Gasteiger partial charge in [-0.25, -0.2) is 0 Å². The molecule has 0 saturated carbocycles. The highest BCUT2D eigenvalue weighted by atomic mass is 16.5. The van der Waals surface area contributed by atoms with E-state index in [9.17, 15) is 0 Å². The molecule has 2 rings (SSSR count). The summed E-state index contributed by atoms with van der Waals surface area (Å²) >= 11 is 0. The van der Waals surface area contributed by atoms with Gasteiger partial charge in [-0.1, -0.05) is 38.1 Å². The molecule has 0 aliphatic heterocycles. The lowest BCUT2D eigenvalue weighted by Gasteiger charge is -2.12. The van der Waals surface area contributed by atoms with Gasteiger partial charge in [0.15, 0.2) is 11.5 Å². The van der Waals surface area contributed by atoms with E-state index in [2.05, 4.69) is 49.5 Å². The Balaban J connectivity index is 2.27. The third kappa shape index (κ3) is 3.99. The van der Waals surface area contributed by atoms with Crippen LogP contribution in [0, 0.1) is 0 Å². The predicted octanol–water partition coefficient (Wildman–Crippen LogP) is 3.87. The molecule has 3 heteroatoms. The smallest absolute Gasteiger partial charge is 0.161 e. The fraction of sp³-hybridized carbons (Fsp3) is 0.333. The first kappa shape index (κ1) is 15.4. The quantitative estimate of drug-likeness (QED) is 0.874. The Labute approximate surface area is 126 Å². The van der Waals surface area contributed by atoms with Crippen LogP contribution in [0.15, 0.2) is 42.5 Å². The summed E-state index contributed by atoms with van der Waals surface area (Å²) < 4.78 is 10.7. The first-order valence-corrected chi connectivity index (χ1v) is 7.18. The number of hydrogen-bond donors (Lipinski definition) is 1. The lowest BCUT2D eigenvalue weighted by molar-refractivity contribution is 0.355. The number of benzene rings is 2. The molecule has 0 aromatic heterocycles. The summed E-state index contributed by atoms with van der Waals surface area (Å²) in [4.78, 5) is 0. The fourth-order valence-electron chi connectivity index (χ4n) is 2.20. The van der Waals surface area contributed by atoms with Crippen LogP contribution in [0.25, 0.3) is 11.1 Å².